The zero-order valence-electron chi connectivity index (χ0n) is 12.0. The average Bonchev–Trinajstić information content (AvgIpc) is 2.78. The summed E-state index contributed by atoms with van der Waals surface area (Å²) in [6.07, 6.45) is 7.32. The SMILES string of the molecule is CC(C)(C)c1cc(NC(=O)CC2=CCCCC2)n[nH]1. The molecule has 1 aromatic rings. The Kier molecular flexibility index (Phi) is 4.08. The number of carbonyl (C=O) groups excluding carboxylic acids is 1. The Balaban J connectivity index is 1.92. The van der Waals surface area contributed by atoms with Crippen molar-refractivity contribution in [3.05, 3.63) is 23.4 Å². The normalized spacial score (nSPS) is 16.1. The summed E-state index contributed by atoms with van der Waals surface area (Å²) in [5.74, 6) is 0.645. The number of amides is 1. The summed E-state index contributed by atoms with van der Waals surface area (Å²) in [6.45, 7) is 6.33. The summed E-state index contributed by atoms with van der Waals surface area (Å²) in [4.78, 5) is 11.9. The molecule has 0 atom stereocenters. The monoisotopic (exact) mass is 261 g/mol. The number of hydrogen-bond acceptors (Lipinski definition) is 2. The molecule has 0 bridgehead atoms. The van der Waals surface area contributed by atoms with Crippen molar-refractivity contribution >= 4 is 11.7 Å². The van der Waals surface area contributed by atoms with Gasteiger partial charge in [0.1, 0.15) is 0 Å². The lowest BCUT2D eigenvalue weighted by Gasteiger charge is -2.14. The highest BCUT2D eigenvalue weighted by Crippen LogP contribution is 2.23. The third-order valence-electron chi connectivity index (χ3n) is 3.43. The number of allylic oxidation sites excluding steroid dienone is 1. The fourth-order valence-electron chi connectivity index (χ4n) is 2.23. The maximum Gasteiger partial charge on any atom is 0.229 e. The summed E-state index contributed by atoms with van der Waals surface area (Å²) in [6, 6.07) is 1.91. The highest BCUT2D eigenvalue weighted by Gasteiger charge is 2.17. The molecular weight excluding hydrogens is 238 g/mol. The summed E-state index contributed by atoms with van der Waals surface area (Å²) in [5, 5.41) is 9.97. The molecule has 0 aliphatic heterocycles. The minimum atomic E-state index is 0.0157. The van der Waals surface area contributed by atoms with Crippen LogP contribution in [0.1, 0.15) is 58.6 Å². The van der Waals surface area contributed by atoms with E-state index in [0.29, 0.717) is 12.2 Å². The molecule has 1 aliphatic rings. The van der Waals surface area contributed by atoms with Crippen LogP contribution in [0.4, 0.5) is 5.82 Å². The molecule has 19 heavy (non-hydrogen) atoms. The predicted molar refractivity (Wildman–Crippen MR) is 77.1 cm³/mol. The summed E-state index contributed by atoms with van der Waals surface area (Å²) in [5.41, 5.74) is 2.30. The van der Waals surface area contributed by atoms with Crippen LogP contribution in [0.25, 0.3) is 0 Å². The third-order valence-corrected chi connectivity index (χ3v) is 3.43. The van der Waals surface area contributed by atoms with Gasteiger partial charge in [-0.05, 0) is 25.7 Å². The van der Waals surface area contributed by atoms with E-state index >= 15 is 0 Å². The van der Waals surface area contributed by atoms with E-state index in [2.05, 4.69) is 42.4 Å². The molecule has 1 amide bonds. The van der Waals surface area contributed by atoms with Crippen molar-refractivity contribution in [2.45, 2.75) is 58.3 Å². The van der Waals surface area contributed by atoms with E-state index in [1.165, 1.54) is 18.4 Å². The average molecular weight is 261 g/mol. The lowest BCUT2D eigenvalue weighted by atomic mass is 9.92. The van der Waals surface area contributed by atoms with E-state index in [9.17, 15) is 4.79 Å². The molecule has 104 valence electrons. The van der Waals surface area contributed by atoms with Crippen LogP contribution in [0.5, 0.6) is 0 Å². The smallest absolute Gasteiger partial charge is 0.229 e. The summed E-state index contributed by atoms with van der Waals surface area (Å²) in [7, 11) is 0. The molecule has 2 rings (SSSR count). The van der Waals surface area contributed by atoms with Crippen molar-refractivity contribution in [3.8, 4) is 0 Å². The number of aromatic nitrogens is 2. The Labute approximate surface area is 114 Å². The molecule has 0 unspecified atom stereocenters. The predicted octanol–water partition coefficient (Wildman–Crippen LogP) is 3.54. The van der Waals surface area contributed by atoms with Gasteiger partial charge in [-0.3, -0.25) is 9.89 Å². The highest BCUT2D eigenvalue weighted by molar-refractivity contribution is 5.91. The molecule has 0 fully saturated rings. The number of H-pyrrole nitrogens is 1. The molecule has 0 aromatic carbocycles. The van der Waals surface area contributed by atoms with Gasteiger partial charge in [0.05, 0.1) is 0 Å². The Hall–Kier alpha value is -1.58. The van der Waals surface area contributed by atoms with Gasteiger partial charge >= 0.3 is 0 Å². The molecule has 1 aliphatic carbocycles. The second kappa shape index (κ2) is 5.59. The van der Waals surface area contributed by atoms with Crippen LogP contribution in [0.2, 0.25) is 0 Å². The van der Waals surface area contributed by atoms with Crippen LogP contribution in [0.15, 0.2) is 17.7 Å². The van der Waals surface area contributed by atoms with Crippen LogP contribution in [-0.2, 0) is 10.2 Å². The number of rotatable bonds is 3. The van der Waals surface area contributed by atoms with E-state index in [1.807, 2.05) is 6.07 Å². The lowest BCUT2D eigenvalue weighted by Crippen LogP contribution is -2.13. The van der Waals surface area contributed by atoms with E-state index in [-0.39, 0.29) is 11.3 Å². The van der Waals surface area contributed by atoms with Gasteiger partial charge in [0.15, 0.2) is 5.82 Å². The van der Waals surface area contributed by atoms with Crippen LogP contribution in [0, 0.1) is 0 Å². The van der Waals surface area contributed by atoms with Crippen molar-refractivity contribution < 1.29 is 4.79 Å². The minimum Gasteiger partial charge on any atom is -0.309 e. The topological polar surface area (TPSA) is 57.8 Å². The maximum atomic E-state index is 11.9. The fraction of sp³-hybridized carbons (Fsp3) is 0.600. The van der Waals surface area contributed by atoms with Crippen LogP contribution in [0.3, 0.4) is 0 Å². The first-order valence-corrected chi connectivity index (χ1v) is 6.99. The zero-order chi connectivity index (χ0) is 13.9. The second-order valence-electron chi connectivity index (χ2n) is 6.25. The standard InChI is InChI=1S/C15H23N3O/c1-15(2,3)12-10-13(18-17-12)16-14(19)9-11-7-5-4-6-8-11/h7,10H,4-6,8-9H2,1-3H3,(H2,16,17,18,19). The third kappa shape index (κ3) is 3.94. The first-order valence-electron chi connectivity index (χ1n) is 6.99. The van der Waals surface area contributed by atoms with Crippen molar-refractivity contribution in [3.63, 3.8) is 0 Å². The van der Waals surface area contributed by atoms with Gasteiger partial charge in [0.2, 0.25) is 5.91 Å². The Morgan fingerprint density at radius 3 is 2.79 bits per heavy atom. The maximum absolute atomic E-state index is 11.9. The Bertz CT molecular complexity index is 480. The molecule has 0 saturated carbocycles. The first-order chi connectivity index (χ1) is 8.95. The summed E-state index contributed by atoms with van der Waals surface area (Å²) < 4.78 is 0. The fourth-order valence-corrected chi connectivity index (χ4v) is 2.23. The molecular formula is C15H23N3O. The quantitative estimate of drug-likeness (QED) is 0.818. The number of carbonyl (C=O) groups is 1. The number of aromatic amines is 1. The molecule has 4 heteroatoms. The van der Waals surface area contributed by atoms with E-state index in [0.717, 1.165) is 18.5 Å². The molecule has 0 saturated heterocycles. The molecule has 0 radical (unpaired) electrons. The van der Waals surface area contributed by atoms with Crippen LogP contribution in [-0.4, -0.2) is 16.1 Å². The summed E-state index contributed by atoms with van der Waals surface area (Å²) >= 11 is 0. The van der Waals surface area contributed by atoms with Gasteiger partial charge in [-0.2, -0.15) is 5.10 Å². The minimum absolute atomic E-state index is 0.0157. The van der Waals surface area contributed by atoms with Crippen molar-refractivity contribution in [2.24, 2.45) is 0 Å². The van der Waals surface area contributed by atoms with Crippen molar-refractivity contribution in [2.75, 3.05) is 5.32 Å². The van der Waals surface area contributed by atoms with Gasteiger partial charge in [-0.15, -0.1) is 0 Å². The molecule has 1 heterocycles. The van der Waals surface area contributed by atoms with Crippen LogP contribution >= 0.6 is 0 Å². The number of nitrogens with zero attached hydrogens (tertiary/aromatic N) is 1. The highest BCUT2D eigenvalue weighted by atomic mass is 16.1. The van der Waals surface area contributed by atoms with E-state index in [1.54, 1.807) is 0 Å². The van der Waals surface area contributed by atoms with Gasteiger partial charge in [-0.25, -0.2) is 0 Å². The molecule has 1 aromatic heterocycles. The number of nitrogens with one attached hydrogen (secondary N) is 2. The number of anilines is 1. The van der Waals surface area contributed by atoms with Crippen LogP contribution < -0.4 is 5.32 Å². The molecule has 0 spiro atoms. The van der Waals surface area contributed by atoms with E-state index < -0.39 is 0 Å². The largest absolute Gasteiger partial charge is 0.309 e. The van der Waals surface area contributed by atoms with Gasteiger partial charge in [0, 0.05) is 23.6 Å². The van der Waals surface area contributed by atoms with Gasteiger partial charge in [0.25, 0.3) is 0 Å². The first kappa shape index (κ1) is 13.8. The Morgan fingerprint density at radius 2 is 2.21 bits per heavy atom. The van der Waals surface area contributed by atoms with Crippen molar-refractivity contribution in [1.82, 2.24) is 10.2 Å². The lowest BCUT2D eigenvalue weighted by molar-refractivity contribution is -0.115. The second-order valence-corrected chi connectivity index (χ2v) is 6.25. The van der Waals surface area contributed by atoms with Crippen molar-refractivity contribution in [1.29, 1.82) is 0 Å². The van der Waals surface area contributed by atoms with E-state index in [4.69, 9.17) is 0 Å². The zero-order valence-corrected chi connectivity index (χ0v) is 12.0. The molecule has 2 N–H and O–H groups in total. The Morgan fingerprint density at radius 1 is 1.42 bits per heavy atom. The molecule has 4 nitrogen and oxygen atoms in total. The van der Waals surface area contributed by atoms with Gasteiger partial charge in [-0.1, -0.05) is 32.4 Å². The van der Waals surface area contributed by atoms with Gasteiger partial charge < -0.3 is 5.32 Å². The number of hydrogen-bond donors (Lipinski definition) is 2.